The van der Waals surface area contributed by atoms with Gasteiger partial charge in [0.25, 0.3) is 5.91 Å². The van der Waals surface area contributed by atoms with E-state index in [2.05, 4.69) is 5.32 Å². The van der Waals surface area contributed by atoms with Crippen LogP contribution in [0.5, 0.6) is 0 Å². The van der Waals surface area contributed by atoms with Crippen molar-refractivity contribution >= 4 is 11.6 Å². The van der Waals surface area contributed by atoms with Gasteiger partial charge in [-0.3, -0.25) is 4.79 Å². The van der Waals surface area contributed by atoms with Crippen molar-refractivity contribution in [2.45, 2.75) is 32.7 Å². The highest BCUT2D eigenvalue weighted by molar-refractivity contribution is 5.99. The molecule has 1 aromatic heterocycles. The summed E-state index contributed by atoms with van der Waals surface area (Å²) in [5.41, 5.74) is 7.96. The molecule has 4 heteroatoms. The number of carbonyl (C=O) groups is 1. The SMILES string of the molecule is Cc1ccc(C(=O)NC(C)CCc2ccco2)c(N)c1. The van der Waals surface area contributed by atoms with Crippen molar-refractivity contribution in [3.63, 3.8) is 0 Å². The maximum Gasteiger partial charge on any atom is 0.253 e. The second-order valence-electron chi connectivity index (χ2n) is 5.08. The van der Waals surface area contributed by atoms with Crippen molar-refractivity contribution in [2.24, 2.45) is 0 Å². The van der Waals surface area contributed by atoms with Crippen LogP contribution in [0.15, 0.2) is 41.0 Å². The van der Waals surface area contributed by atoms with Crippen molar-refractivity contribution in [3.05, 3.63) is 53.5 Å². The monoisotopic (exact) mass is 272 g/mol. The molecule has 0 saturated heterocycles. The molecule has 0 bridgehead atoms. The van der Waals surface area contributed by atoms with Crippen LogP contribution in [-0.2, 0) is 6.42 Å². The Morgan fingerprint density at radius 2 is 2.20 bits per heavy atom. The Morgan fingerprint density at radius 1 is 1.40 bits per heavy atom. The van der Waals surface area contributed by atoms with Gasteiger partial charge in [0.1, 0.15) is 5.76 Å². The van der Waals surface area contributed by atoms with Gasteiger partial charge in [0.05, 0.1) is 11.8 Å². The number of anilines is 1. The van der Waals surface area contributed by atoms with Gasteiger partial charge in [-0.1, -0.05) is 6.07 Å². The number of nitrogen functional groups attached to an aromatic ring is 1. The van der Waals surface area contributed by atoms with Gasteiger partial charge in [-0.15, -0.1) is 0 Å². The lowest BCUT2D eigenvalue weighted by molar-refractivity contribution is 0.0939. The van der Waals surface area contributed by atoms with E-state index in [1.807, 2.05) is 38.1 Å². The predicted octanol–water partition coefficient (Wildman–Crippen LogP) is 2.92. The molecule has 2 aromatic rings. The van der Waals surface area contributed by atoms with Gasteiger partial charge in [0.2, 0.25) is 0 Å². The van der Waals surface area contributed by atoms with Gasteiger partial charge in [0.15, 0.2) is 0 Å². The molecule has 1 heterocycles. The molecule has 4 nitrogen and oxygen atoms in total. The highest BCUT2D eigenvalue weighted by Crippen LogP contribution is 2.14. The number of benzene rings is 1. The molecule has 0 radical (unpaired) electrons. The fraction of sp³-hybridized carbons (Fsp3) is 0.312. The minimum atomic E-state index is -0.130. The van der Waals surface area contributed by atoms with E-state index in [1.165, 1.54) is 0 Å². The summed E-state index contributed by atoms with van der Waals surface area (Å²) < 4.78 is 5.27. The first kappa shape index (κ1) is 14.2. The fourth-order valence-electron chi connectivity index (χ4n) is 2.08. The van der Waals surface area contributed by atoms with Crippen LogP contribution in [0.3, 0.4) is 0 Å². The van der Waals surface area contributed by atoms with E-state index in [-0.39, 0.29) is 11.9 Å². The minimum Gasteiger partial charge on any atom is -0.469 e. The van der Waals surface area contributed by atoms with E-state index in [1.54, 1.807) is 12.3 Å². The van der Waals surface area contributed by atoms with Crippen molar-refractivity contribution in [1.82, 2.24) is 5.32 Å². The molecule has 0 fully saturated rings. The summed E-state index contributed by atoms with van der Waals surface area (Å²) in [6.07, 6.45) is 3.29. The Bertz CT molecular complexity index is 576. The van der Waals surface area contributed by atoms with Gasteiger partial charge in [-0.05, 0) is 50.1 Å². The van der Waals surface area contributed by atoms with E-state index in [0.717, 1.165) is 24.2 Å². The maximum absolute atomic E-state index is 12.1. The topological polar surface area (TPSA) is 68.3 Å². The highest BCUT2D eigenvalue weighted by Gasteiger charge is 2.13. The van der Waals surface area contributed by atoms with Crippen molar-refractivity contribution < 1.29 is 9.21 Å². The zero-order chi connectivity index (χ0) is 14.5. The quantitative estimate of drug-likeness (QED) is 0.822. The number of furan rings is 1. The summed E-state index contributed by atoms with van der Waals surface area (Å²) in [5, 5.41) is 2.96. The number of hydrogen-bond donors (Lipinski definition) is 2. The van der Waals surface area contributed by atoms with Crippen LogP contribution < -0.4 is 11.1 Å². The van der Waals surface area contributed by atoms with E-state index in [9.17, 15) is 4.79 Å². The third-order valence-corrected chi connectivity index (χ3v) is 3.23. The first-order valence-electron chi connectivity index (χ1n) is 6.75. The third kappa shape index (κ3) is 3.63. The minimum absolute atomic E-state index is 0.0632. The average Bonchev–Trinajstić information content (AvgIpc) is 2.89. The van der Waals surface area contributed by atoms with E-state index >= 15 is 0 Å². The van der Waals surface area contributed by atoms with Gasteiger partial charge in [0, 0.05) is 18.2 Å². The van der Waals surface area contributed by atoms with Gasteiger partial charge >= 0.3 is 0 Å². The normalized spacial score (nSPS) is 12.1. The summed E-state index contributed by atoms with van der Waals surface area (Å²) in [7, 11) is 0. The predicted molar refractivity (Wildman–Crippen MR) is 79.5 cm³/mol. The maximum atomic E-state index is 12.1. The molecule has 0 aliphatic rings. The van der Waals surface area contributed by atoms with Gasteiger partial charge in [-0.25, -0.2) is 0 Å². The highest BCUT2D eigenvalue weighted by atomic mass is 16.3. The van der Waals surface area contributed by atoms with Crippen molar-refractivity contribution in [3.8, 4) is 0 Å². The first-order valence-corrected chi connectivity index (χ1v) is 6.75. The van der Waals surface area contributed by atoms with Crippen molar-refractivity contribution in [1.29, 1.82) is 0 Å². The Kier molecular flexibility index (Phi) is 4.45. The molecule has 1 amide bonds. The lowest BCUT2D eigenvalue weighted by atomic mass is 10.1. The number of nitrogens with one attached hydrogen (secondary N) is 1. The molecule has 20 heavy (non-hydrogen) atoms. The summed E-state index contributed by atoms with van der Waals surface area (Å²) in [6.45, 7) is 3.93. The molecule has 0 spiro atoms. The number of carbonyl (C=O) groups excluding carboxylic acids is 1. The number of rotatable bonds is 5. The van der Waals surface area contributed by atoms with Gasteiger partial charge in [-0.2, -0.15) is 0 Å². The fourth-order valence-corrected chi connectivity index (χ4v) is 2.08. The molecule has 106 valence electrons. The Balaban J connectivity index is 1.90. The molecule has 3 N–H and O–H groups in total. The molecule has 0 aliphatic carbocycles. The summed E-state index contributed by atoms with van der Waals surface area (Å²) in [5.74, 6) is 0.801. The number of aryl methyl sites for hydroxylation is 2. The van der Waals surface area contributed by atoms with Crippen LogP contribution in [-0.4, -0.2) is 11.9 Å². The number of amides is 1. The smallest absolute Gasteiger partial charge is 0.253 e. The molecule has 1 unspecified atom stereocenters. The Morgan fingerprint density at radius 3 is 2.85 bits per heavy atom. The summed E-state index contributed by atoms with van der Waals surface area (Å²) >= 11 is 0. The molecule has 1 atom stereocenters. The van der Waals surface area contributed by atoms with E-state index in [4.69, 9.17) is 10.2 Å². The van der Waals surface area contributed by atoms with E-state index < -0.39 is 0 Å². The van der Waals surface area contributed by atoms with Crippen LogP contribution in [0.25, 0.3) is 0 Å². The number of nitrogens with two attached hydrogens (primary N) is 1. The summed E-state index contributed by atoms with van der Waals surface area (Å²) in [6, 6.07) is 9.33. The first-order chi connectivity index (χ1) is 9.56. The van der Waals surface area contributed by atoms with Crippen LogP contribution in [0.1, 0.15) is 35.0 Å². The zero-order valence-corrected chi connectivity index (χ0v) is 11.8. The van der Waals surface area contributed by atoms with Crippen LogP contribution in [0.4, 0.5) is 5.69 Å². The Hall–Kier alpha value is -2.23. The second-order valence-corrected chi connectivity index (χ2v) is 5.08. The Labute approximate surface area is 119 Å². The number of hydrogen-bond acceptors (Lipinski definition) is 3. The lowest BCUT2D eigenvalue weighted by Crippen LogP contribution is -2.33. The standard InChI is InChI=1S/C16H20N2O2/c1-11-5-8-14(15(17)10-11)16(19)18-12(2)6-7-13-4-3-9-20-13/h3-5,8-10,12H,6-7,17H2,1-2H3,(H,18,19). The van der Waals surface area contributed by atoms with Crippen LogP contribution >= 0.6 is 0 Å². The second kappa shape index (κ2) is 6.28. The summed E-state index contributed by atoms with van der Waals surface area (Å²) in [4.78, 5) is 12.1. The average molecular weight is 272 g/mol. The van der Waals surface area contributed by atoms with Gasteiger partial charge < -0.3 is 15.5 Å². The zero-order valence-electron chi connectivity index (χ0n) is 11.8. The molecular weight excluding hydrogens is 252 g/mol. The molecule has 2 rings (SSSR count). The molecule has 0 saturated carbocycles. The van der Waals surface area contributed by atoms with Crippen molar-refractivity contribution in [2.75, 3.05) is 5.73 Å². The van der Waals surface area contributed by atoms with E-state index in [0.29, 0.717) is 11.3 Å². The van der Waals surface area contributed by atoms with Crippen LogP contribution in [0.2, 0.25) is 0 Å². The molecular formula is C16H20N2O2. The molecule has 1 aromatic carbocycles. The largest absolute Gasteiger partial charge is 0.469 e. The molecule has 0 aliphatic heterocycles. The third-order valence-electron chi connectivity index (χ3n) is 3.23. The lowest BCUT2D eigenvalue weighted by Gasteiger charge is -2.14. The van der Waals surface area contributed by atoms with Crippen LogP contribution in [0, 0.1) is 6.92 Å².